The van der Waals surface area contributed by atoms with Crippen LogP contribution in [0.3, 0.4) is 0 Å². The summed E-state index contributed by atoms with van der Waals surface area (Å²) in [5, 5.41) is 1.86. The van der Waals surface area contributed by atoms with Crippen LogP contribution in [0.1, 0.15) is 28.0 Å². The zero-order valence-electron chi connectivity index (χ0n) is 19.2. The molecule has 0 N–H and O–H groups in total. The van der Waals surface area contributed by atoms with Crippen molar-refractivity contribution in [3.8, 4) is 0 Å². The molecule has 3 aromatic carbocycles. The van der Waals surface area contributed by atoms with Gasteiger partial charge in [-0.3, -0.25) is 4.79 Å². The number of carbonyl (C=O) groups excluding carboxylic acids is 1. The van der Waals surface area contributed by atoms with Crippen molar-refractivity contribution in [2.75, 3.05) is 13.6 Å². The summed E-state index contributed by atoms with van der Waals surface area (Å²) in [5.74, 6) is 0.667. The van der Waals surface area contributed by atoms with Crippen LogP contribution >= 0.6 is 11.6 Å². The number of hydrogen-bond acceptors (Lipinski definition) is 3. The summed E-state index contributed by atoms with van der Waals surface area (Å²) in [6.07, 6.45) is 4.33. The molecule has 1 aromatic heterocycles. The van der Waals surface area contributed by atoms with Gasteiger partial charge in [0.05, 0.1) is 0 Å². The van der Waals surface area contributed by atoms with Gasteiger partial charge in [-0.25, -0.2) is 0 Å². The third-order valence-electron chi connectivity index (χ3n) is 6.33. The number of benzene rings is 3. The topological polar surface area (TPSA) is 36.7 Å². The molecule has 0 aliphatic carbocycles. The molecule has 0 spiro atoms. The van der Waals surface area contributed by atoms with Crippen LogP contribution in [0.15, 0.2) is 83.3 Å². The third-order valence-corrected chi connectivity index (χ3v) is 6.68. The summed E-state index contributed by atoms with van der Waals surface area (Å²) in [5.41, 5.74) is 5.23. The Balaban J connectivity index is 1.46. The predicted octanol–water partition coefficient (Wildman–Crippen LogP) is 6.32. The monoisotopic (exact) mass is 470 g/mol. The van der Waals surface area contributed by atoms with Gasteiger partial charge in [0.15, 0.2) is 0 Å². The second-order valence-corrected chi connectivity index (χ2v) is 9.24. The zero-order valence-corrected chi connectivity index (χ0v) is 20.0. The molecule has 0 radical (unpaired) electrons. The van der Waals surface area contributed by atoms with Crippen LogP contribution in [0, 0.1) is 0 Å². The molecule has 4 nitrogen and oxygen atoms in total. The van der Waals surface area contributed by atoms with E-state index in [0.29, 0.717) is 13.1 Å². The minimum atomic E-state index is -0.0550. The number of hydrogen-bond donors (Lipinski definition) is 0. The Morgan fingerprint density at radius 2 is 1.62 bits per heavy atom. The molecule has 34 heavy (non-hydrogen) atoms. The van der Waals surface area contributed by atoms with E-state index in [0.717, 1.165) is 63.5 Å². The highest BCUT2D eigenvalue weighted by Gasteiger charge is 2.22. The van der Waals surface area contributed by atoms with Gasteiger partial charge in [-0.1, -0.05) is 72.3 Å². The van der Waals surface area contributed by atoms with E-state index in [2.05, 4.69) is 11.9 Å². The first-order valence-corrected chi connectivity index (χ1v) is 11.9. The second-order valence-electron chi connectivity index (χ2n) is 8.83. The highest BCUT2D eigenvalue weighted by Crippen LogP contribution is 2.36. The summed E-state index contributed by atoms with van der Waals surface area (Å²) in [6.45, 7) is 2.76. The molecule has 5 rings (SSSR count). The van der Waals surface area contributed by atoms with Crippen molar-refractivity contribution >= 4 is 34.6 Å². The maximum absolute atomic E-state index is 13.4. The van der Waals surface area contributed by atoms with Crippen LogP contribution in [0.5, 0.6) is 0 Å². The van der Waals surface area contributed by atoms with Gasteiger partial charge in [0.2, 0.25) is 5.91 Å². The fraction of sp³-hybridized carbons (Fsp3) is 0.207. The Morgan fingerprint density at radius 3 is 2.26 bits per heavy atom. The number of halogens is 1. The Labute approximate surface area is 205 Å². The van der Waals surface area contributed by atoms with Gasteiger partial charge in [0.1, 0.15) is 11.3 Å². The molecule has 1 aliphatic rings. The molecule has 4 aromatic rings. The van der Waals surface area contributed by atoms with E-state index in [1.165, 1.54) is 0 Å². The van der Waals surface area contributed by atoms with Crippen LogP contribution in [-0.4, -0.2) is 29.3 Å². The highest BCUT2D eigenvalue weighted by atomic mass is 35.5. The first-order chi connectivity index (χ1) is 16.6. The molecular weight excluding hydrogens is 444 g/mol. The fourth-order valence-corrected chi connectivity index (χ4v) is 4.83. The zero-order chi connectivity index (χ0) is 23.5. The number of carbonyl (C=O) groups is 1. The average molecular weight is 471 g/mol. The van der Waals surface area contributed by atoms with E-state index >= 15 is 0 Å². The van der Waals surface area contributed by atoms with Crippen LogP contribution in [0.4, 0.5) is 0 Å². The predicted molar refractivity (Wildman–Crippen MR) is 137 cm³/mol. The molecule has 0 fully saturated rings. The van der Waals surface area contributed by atoms with Gasteiger partial charge >= 0.3 is 0 Å². The second kappa shape index (κ2) is 9.88. The number of likely N-dealkylation sites (N-methyl/N-ethyl adjacent to an activating group) is 1. The smallest absolute Gasteiger partial charge is 0.247 e. The summed E-state index contributed by atoms with van der Waals surface area (Å²) in [4.78, 5) is 17.5. The summed E-state index contributed by atoms with van der Waals surface area (Å²) < 4.78 is 6.19. The number of furan rings is 1. The van der Waals surface area contributed by atoms with Gasteiger partial charge in [0, 0.05) is 48.2 Å². The molecule has 0 atom stereocenters. The molecule has 2 heterocycles. The number of amides is 1. The molecule has 1 amide bonds. The summed E-state index contributed by atoms with van der Waals surface area (Å²) in [7, 11) is 2.10. The molecule has 172 valence electrons. The van der Waals surface area contributed by atoms with Crippen molar-refractivity contribution in [1.82, 2.24) is 9.80 Å². The number of nitrogens with zero attached hydrogens (tertiary/aromatic N) is 2. The normalized spacial score (nSPS) is 13.9. The Kier molecular flexibility index (Phi) is 6.52. The van der Waals surface area contributed by atoms with Gasteiger partial charge in [-0.2, -0.15) is 0 Å². The lowest BCUT2D eigenvalue weighted by Gasteiger charge is -2.21. The van der Waals surface area contributed by atoms with E-state index in [-0.39, 0.29) is 5.91 Å². The van der Waals surface area contributed by atoms with E-state index in [1.807, 2.05) is 83.8 Å². The van der Waals surface area contributed by atoms with Gasteiger partial charge < -0.3 is 14.2 Å². The van der Waals surface area contributed by atoms with Crippen molar-refractivity contribution in [1.29, 1.82) is 0 Å². The molecule has 0 bridgehead atoms. The van der Waals surface area contributed by atoms with Crippen molar-refractivity contribution in [3.63, 3.8) is 0 Å². The Bertz CT molecular complexity index is 1290. The van der Waals surface area contributed by atoms with Gasteiger partial charge in [0.25, 0.3) is 0 Å². The average Bonchev–Trinajstić information content (AvgIpc) is 3.09. The molecule has 5 heteroatoms. The maximum atomic E-state index is 13.4. The van der Waals surface area contributed by atoms with E-state index in [9.17, 15) is 4.79 Å². The van der Waals surface area contributed by atoms with Crippen molar-refractivity contribution in [2.45, 2.75) is 26.1 Å². The maximum Gasteiger partial charge on any atom is 0.247 e. The standard InChI is InChI=1S/C29H27ClN2O2/c1-31-17-16-23-25(30)12-13-27-29(23)24(20-31)26(34-27)14-15-28(33)32(18-21-8-4-2-5-9-21)19-22-10-6-3-7-11-22/h2-15H,16-20H2,1H3/b15-14+. The SMILES string of the molecule is CN1CCc2c(Cl)ccc3oc(/C=C/C(=O)N(Cc4ccccc4)Cc4ccccc4)c(c23)C1. The van der Waals surface area contributed by atoms with Crippen molar-refractivity contribution in [3.05, 3.63) is 112 Å². The molecular formula is C29H27ClN2O2. The summed E-state index contributed by atoms with van der Waals surface area (Å²) in [6, 6.07) is 24.0. The minimum absolute atomic E-state index is 0.0550. The van der Waals surface area contributed by atoms with E-state index in [4.69, 9.17) is 16.0 Å². The largest absolute Gasteiger partial charge is 0.456 e. The number of rotatable bonds is 6. The molecule has 0 unspecified atom stereocenters. The van der Waals surface area contributed by atoms with Crippen LogP contribution in [0.25, 0.3) is 17.0 Å². The van der Waals surface area contributed by atoms with Crippen molar-refractivity contribution in [2.24, 2.45) is 0 Å². The molecule has 1 aliphatic heterocycles. The first-order valence-electron chi connectivity index (χ1n) is 11.5. The fourth-order valence-electron chi connectivity index (χ4n) is 4.58. The van der Waals surface area contributed by atoms with Crippen LogP contribution in [0.2, 0.25) is 5.02 Å². The van der Waals surface area contributed by atoms with E-state index < -0.39 is 0 Å². The highest BCUT2D eigenvalue weighted by molar-refractivity contribution is 6.32. The first kappa shape index (κ1) is 22.5. The molecule has 0 saturated carbocycles. The lowest BCUT2D eigenvalue weighted by molar-refractivity contribution is -0.127. The van der Waals surface area contributed by atoms with Gasteiger partial charge in [-0.15, -0.1) is 0 Å². The quantitative estimate of drug-likeness (QED) is 0.309. The lowest BCUT2D eigenvalue weighted by Crippen LogP contribution is -2.28. The van der Waals surface area contributed by atoms with Crippen LogP contribution < -0.4 is 0 Å². The Morgan fingerprint density at radius 1 is 0.971 bits per heavy atom. The van der Waals surface area contributed by atoms with E-state index in [1.54, 1.807) is 6.08 Å². The Hall–Kier alpha value is -3.34. The lowest BCUT2D eigenvalue weighted by atomic mass is 10.0. The minimum Gasteiger partial charge on any atom is -0.456 e. The van der Waals surface area contributed by atoms with Crippen LogP contribution in [-0.2, 0) is 30.8 Å². The molecule has 0 saturated heterocycles. The van der Waals surface area contributed by atoms with Crippen molar-refractivity contribution < 1.29 is 9.21 Å². The summed E-state index contributed by atoms with van der Waals surface area (Å²) >= 11 is 6.52. The van der Waals surface area contributed by atoms with Gasteiger partial charge in [-0.05, 0) is 48.4 Å². The third kappa shape index (κ3) is 4.79.